The number of amides is 6. The number of carbonyl (C=O) groups is 10. The lowest BCUT2D eigenvalue weighted by molar-refractivity contribution is -0.139. The fraction of sp³-hybridized carbons (Fsp3) is 0.173. The number of nitrogens with zero attached hydrogens (tertiary/aromatic N) is 4. The number of fused-ring (bicyclic) bond motifs is 2. The summed E-state index contributed by atoms with van der Waals surface area (Å²) < 4.78 is 51.6. The number of carbonyl (C=O) groups excluding carboxylic acids is 10. The summed E-state index contributed by atoms with van der Waals surface area (Å²) in [5, 5.41) is 0.910. The first-order chi connectivity index (χ1) is 60.8. The van der Waals surface area contributed by atoms with Gasteiger partial charge in [-0.15, -0.1) is 0 Å². The van der Waals surface area contributed by atoms with Gasteiger partial charge in [0.1, 0.15) is 58.1 Å². The van der Waals surface area contributed by atoms with Crippen molar-refractivity contribution >= 4 is 114 Å². The van der Waals surface area contributed by atoms with E-state index in [-0.39, 0.29) is 199 Å². The van der Waals surface area contributed by atoms with Crippen LogP contribution < -0.4 is 28.7 Å². The third-order valence-corrected chi connectivity index (χ3v) is 22.1. The standard InChI is InChI=1S/C104H88N4O18/c1-61(2)101(115)119-51-47-65-31-39-73(40-32-65)123-83-57-77-87-78(96(110)107(95(77)109)81(55-69-23-15-11-16-24-69)99(113)105(9)71-27-19-13-20-28-71)59-85(125-75-43-35-67(36-44-75)49-53-121-103(117)63(5)6)91-92-86(126-76-45-37-68(38-46-76)50-54-122-104(118)64(7)8)60-80-88-79(97(111)108(98(80)112)82(56-70-25-17-12-18-26-70)100(114)106(10)72-29-21-14-22-30-72)58-84(90(94(88)92)89(83)93(87)91)124-74-41-33-66(34-42-74)48-52-120-102(116)62(3)4/h11-46,57-60,81-82H,1,3,5,7,47-56H2,2,4,6,8-10H3. The number of hydrogen-bond acceptors (Lipinski definition) is 18. The second-order valence-electron chi connectivity index (χ2n) is 31.2. The molecule has 6 amide bonds. The van der Waals surface area contributed by atoms with Crippen LogP contribution in [0.5, 0.6) is 46.0 Å². The van der Waals surface area contributed by atoms with E-state index in [0.717, 1.165) is 32.1 Å². The molecule has 0 fully saturated rings. The monoisotopic (exact) mass is 1680 g/mol. The summed E-state index contributed by atoms with van der Waals surface area (Å²) in [6, 6.07) is 66.3. The Morgan fingerprint density at radius 2 is 0.516 bits per heavy atom. The van der Waals surface area contributed by atoms with E-state index in [1.165, 1.54) is 34.1 Å². The summed E-state index contributed by atoms with van der Waals surface area (Å²) in [6.07, 6.45) is 0.819. The average molecular weight is 1680 g/mol. The van der Waals surface area contributed by atoms with Crippen LogP contribution in [0.1, 0.15) is 103 Å². The van der Waals surface area contributed by atoms with Crippen LogP contribution in [-0.4, -0.2) is 122 Å². The van der Waals surface area contributed by atoms with Crippen LogP contribution in [0.25, 0.3) is 43.1 Å². The van der Waals surface area contributed by atoms with Crippen LogP contribution in [0.4, 0.5) is 11.4 Å². The first-order valence-electron chi connectivity index (χ1n) is 41.0. The summed E-state index contributed by atoms with van der Waals surface area (Å²) in [6.45, 7) is 21.1. The third kappa shape index (κ3) is 17.9. The maximum atomic E-state index is 16.9. The second-order valence-corrected chi connectivity index (χ2v) is 31.2. The molecule has 0 aliphatic carbocycles. The molecule has 13 aromatic rings. The molecule has 2 aliphatic rings. The van der Waals surface area contributed by atoms with E-state index >= 15 is 28.8 Å². The van der Waals surface area contributed by atoms with Crippen LogP contribution in [0.15, 0.2) is 291 Å². The van der Waals surface area contributed by atoms with Crippen molar-refractivity contribution in [2.24, 2.45) is 0 Å². The largest absolute Gasteiger partial charge is 0.462 e. The van der Waals surface area contributed by atoms with Gasteiger partial charge in [-0.05, 0) is 158 Å². The Labute approximate surface area is 727 Å². The van der Waals surface area contributed by atoms with Gasteiger partial charge in [-0.3, -0.25) is 38.6 Å². The van der Waals surface area contributed by atoms with Gasteiger partial charge in [0.15, 0.2) is 0 Å². The minimum Gasteiger partial charge on any atom is -0.462 e. The zero-order valence-electron chi connectivity index (χ0n) is 70.3. The van der Waals surface area contributed by atoms with E-state index in [0.29, 0.717) is 22.5 Å². The molecule has 22 heteroatoms. The van der Waals surface area contributed by atoms with Crippen LogP contribution in [-0.2, 0) is 86.2 Å². The van der Waals surface area contributed by atoms with Gasteiger partial charge in [-0.25, -0.2) is 19.2 Å². The van der Waals surface area contributed by atoms with Crippen molar-refractivity contribution in [1.29, 1.82) is 0 Å². The van der Waals surface area contributed by atoms with Crippen molar-refractivity contribution in [1.82, 2.24) is 9.80 Å². The van der Waals surface area contributed by atoms with E-state index in [1.807, 2.05) is 12.1 Å². The number of imide groups is 2. The maximum absolute atomic E-state index is 16.9. The summed E-state index contributed by atoms with van der Waals surface area (Å²) in [7, 11) is 3.14. The highest BCUT2D eigenvalue weighted by Crippen LogP contribution is 2.58. The third-order valence-electron chi connectivity index (χ3n) is 22.1. The van der Waals surface area contributed by atoms with Gasteiger partial charge in [-0.1, -0.05) is 172 Å². The molecule has 0 saturated heterocycles. The highest BCUT2D eigenvalue weighted by Gasteiger charge is 2.48. The Bertz CT molecular complexity index is 5860. The zero-order chi connectivity index (χ0) is 88.7. The minimum atomic E-state index is -1.53. The molecule has 632 valence electrons. The smallest absolute Gasteiger partial charge is 0.333 e. The first-order valence-corrected chi connectivity index (χ1v) is 41.0. The van der Waals surface area contributed by atoms with Crippen LogP contribution >= 0.6 is 0 Å². The molecule has 0 aromatic heterocycles. The van der Waals surface area contributed by atoms with E-state index in [2.05, 4.69) is 26.3 Å². The van der Waals surface area contributed by atoms with Gasteiger partial charge in [0.05, 0.1) is 48.7 Å². The van der Waals surface area contributed by atoms with Gasteiger partial charge in [0, 0.05) is 129 Å². The van der Waals surface area contributed by atoms with E-state index in [4.69, 9.17) is 37.9 Å². The second kappa shape index (κ2) is 37.0. The van der Waals surface area contributed by atoms with Crippen LogP contribution in [0, 0.1) is 0 Å². The fourth-order valence-corrected chi connectivity index (χ4v) is 15.6. The number of para-hydroxylation sites is 2. The Hall–Kier alpha value is -15.6. The van der Waals surface area contributed by atoms with Gasteiger partial charge in [0.25, 0.3) is 23.6 Å². The molecule has 2 unspecified atom stereocenters. The van der Waals surface area contributed by atoms with Crippen molar-refractivity contribution in [2.75, 3.05) is 50.3 Å². The molecule has 2 aliphatic heterocycles. The predicted molar refractivity (Wildman–Crippen MR) is 480 cm³/mol. The predicted octanol–water partition coefficient (Wildman–Crippen LogP) is 19.3. The molecule has 0 spiro atoms. The number of hydrogen-bond donors (Lipinski definition) is 0. The number of benzene rings is 13. The molecule has 13 aromatic carbocycles. The van der Waals surface area contributed by atoms with Crippen LogP contribution in [0.3, 0.4) is 0 Å². The molecule has 2 heterocycles. The van der Waals surface area contributed by atoms with Crippen LogP contribution in [0.2, 0.25) is 0 Å². The van der Waals surface area contributed by atoms with E-state index in [9.17, 15) is 19.2 Å². The lowest BCUT2D eigenvalue weighted by Gasteiger charge is -2.37. The summed E-state index contributed by atoms with van der Waals surface area (Å²) in [5.41, 5.74) is 5.54. The molecule has 22 nitrogen and oxygen atoms in total. The molecule has 126 heavy (non-hydrogen) atoms. The SMILES string of the molecule is C=C(C)C(=O)OCCc1ccc(Oc2cc3c4c(cc(Oc5ccc(CCOC(=O)C(=C)C)cc5)c5c6c(Oc7ccc(CCOC(=O)C(=C)C)cc7)cc7c8c(cc(Oc9ccc(CCOC(=O)C(=C)C)cc9)c(c2c45)c86)C(=O)N(C(Cc2ccccc2)C(=O)N(C)c2ccccc2)C7=O)C(=O)N(C(Cc2ccccc2)C(=O)N(C)c2ccccc2)C3=O)cc1. The first kappa shape index (κ1) is 85.4. The van der Waals surface area contributed by atoms with E-state index in [1.54, 1.807) is 248 Å². The van der Waals surface area contributed by atoms with E-state index < -0.39 is 71.4 Å². The summed E-state index contributed by atoms with van der Waals surface area (Å²) in [4.78, 5) is 155. The van der Waals surface area contributed by atoms with Gasteiger partial charge in [0.2, 0.25) is 11.8 Å². The van der Waals surface area contributed by atoms with Gasteiger partial charge < -0.3 is 47.7 Å². The van der Waals surface area contributed by atoms with Gasteiger partial charge >= 0.3 is 23.9 Å². The highest BCUT2D eigenvalue weighted by atomic mass is 16.5. The number of ether oxygens (including phenoxy) is 8. The molecule has 2 atom stereocenters. The van der Waals surface area contributed by atoms with Crippen molar-refractivity contribution in [3.8, 4) is 46.0 Å². The number of esters is 4. The summed E-state index contributed by atoms with van der Waals surface area (Å²) >= 11 is 0. The maximum Gasteiger partial charge on any atom is 0.333 e. The number of likely N-dealkylation sites (N-methyl/N-ethyl adjacent to an activating group) is 2. The highest BCUT2D eigenvalue weighted by molar-refractivity contribution is 6.45. The van der Waals surface area contributed by atoms with Crippen molar-refractivity contribution in [3.05, 3.63) is 347 Å². The molecule has 15 rings (SSSR count). The van der Waals surface area contributed by atoms with Gasteiger partial charge in [-0.2, -0.15) is 0 Å². The molecule has 0 radical (unpaired) electrons. The minimum absolute atomic E-state index is 0.00993. The molecule has 0 N–H and O–H groups in total. The Morgan fingerprint density at radius 1 is 0.294 bits per heavy atom. The lowest BCUT2D eigenvalue weighted by Crippen LogP contribution is -2.55. The zero-order valence-corrected chi connectivity index (χ0v) is 70.3. The quantitative estimate of drug-likeness (QED) is 0.00906. The molecule has 0 saturated carbocycles. The summed E-state index contributed by atoms with van der Waals surface area (Å²) in [5.74, 6) is -6.54. The Kier molecular flexibility index (Phi) is 25.1. The average Bonchev–Trinajstić information content (AvgIpc) is 0.668. The van der Waals surface area contributed by atoms with Crippen molar-refractivity contribution in [3.63, 3.8) is 0 Å². The molecule has 0 bridgehead atoms. The normalized spacial score (nSPS) is 12.7. The fourth-order valence-electron chi connectivity index (χ4n) is 15.6. The topological polar surface area (TPSA) is 258 Å². The Balaban J connectivity index is 1.06. The molecular weight excluding hydrogens is 1590 g/mol. The number of rotatable bonds is 34. The lowest BCUT2D eigenvalue weighted by atomic mass is 9.80. The van der Waals surface area contributed by atoms with Crippen molar-refractivity contribution < 1.29 is 85.8 Å². The van der Waals surface area contributed by atoms with Crippen molar-refractivity contribution in [2.45, 2.75) is 78.3 Å². The Morgan fingerprint density at radius 3 is 0.738 bits per heavy atom. The number of anilines is 2. The molecular formula is C104H88N4O18.